The second-order valence-corrected chi connectivity index (χ2v) is 16.0. The molecule has 18 nitrogen and oxygen atoms in total. The number of rotatable bonds is 25. The first-order valence-electron chi connectivity index (χ1n) is 25.6. The number of hydrogen-bond acceptors (Lipinski definition) is 18. The normalized spacial score (nSPS) is 11.8. The second-order valence-electron chi connectivity index (χ2n) is 16.0. The Balaban J connectivity index is -0.000000187. The number of aliphatic hydroxyl groups excluding tert-OH is 3. The van der Waals surface area contributed by atoms with E-state index in [2.05, 4.69) is 9.47 Å². The molecule has 2 heterocycles. The summed E-state index contributed by atoms with van der Waals surface area (Å²) in [5, 5.41) is 25.8. The summed E-state index contributed by atoms with van der Waals surface area (Å²) >= 11 is 0. The molecule has 3 N–H and O–H groups in total. The first-order valence-corrected chi connectivity index (χ1v) is 25.6. The van der Waals surface area contributed by atoms with Crippen LogP contribution in [0, 0.1) is 11.8 Å². The number of carbonyl (C=O) groups is 11. The number of allylic oxidation sites excluding steroid dienone is 6. The van der Waals surface area contributed by atoms with Crippen LogP contribution in [0.2, 0.25) is 0 Å². The number of carbonyl (C=O) groups excluding carboxylic acids is 11. The van der Waals surface area contributed by atoms with Gasteiger partial charge in [0.05, 0.1) is 38.5 Å². The Morgan fingerprint density at radius 2 is 1.01 bits per heavy atom. The summed E-state index contributed by atoms with van der Waals surface area (Å²) in [7, 11) is 0. The Morgan fingerprint density at radius 1 is 0.571 bits per heavy atom. The van der Waals surface area contributed by atoms with Crippen LogP contribution in [0.1, 0.15) is 178 Å². The molecule has 77 heavy (non-hydrogen) atoms. The predicted octanol–water partition coefficient (Wildman–Crippen LogP) is 10.1. The average Bonchev–Trinajstić information content (AvgIpc) is 4.17. The van der Waals surface area contributed by atoms with Crippen molar-refractivity contribution in [2.75, 3.05) is 19.8 Å². The lowest BCUT2D eigenvalue weighted by atomic mass is 9.90. The number of aldehydes is 1. The van der Waals surface area contributed by atoms with Gasteiger partial charge in [0.25, 0.3) is 0 Å². The summed E-state index contributed by atoms with van der Waals surface area (Å²) in [6.45, 7) is 26.4. The third kappa shape index (κ3) is 59.9. The van der Waals surface area contributed by atoms with E-state index in [1.807, 2.05) is 13.8 Å². The van der Waals surface area contributed by atoms with Crippen molar-refractivity contribution in [1.29, 1.82) is 0 Å². The predicted molar refractivity (Wildman–Crippen MR) is 296 cm³/mol. The van der Waals surface area contributed by atoms with E-state index in [4.69, 9.17) is 24.2 Å². The van der Waals surface area contributed by atoms with E-state index < -0.39 is 24.1 Å². The van der Waals surface area contributed by atoms with Crippen molar-refractivity contribution in [3.63, 3.8) is 0 Å². The van der Waals surface area contributed by atoms with Crippen molar-refractivity contribution in [3.05, 3.63) is 109 Å². The molecule has 4 unspecified atom stereocenters. The Kier molecular flexibility index (Phi) is 60.1. The van der Waals surface area contributed by atoms with Gasteiger partial charge in [-0.1, -0.05) is 74.0 Å². The summed E-state index contributed by atoms with van der Waals surface area (Å²) in [6, 6.07) is 6.88. The first-order chi connectivity index (χ1) is 36.2. The summed E-state index contributed by atoms with van der Waals surface area (Å²) in [6.07, 6.45) is 19.6. The van der Waals surface area contributed by atoms with E-state index in [1.54, 1.807) is 107 Å². The summed E-state index contributed by atoms with van der Waals surface area (Å²) in [4.78, 5) is 116. The fraction of sp³-hybridized carbons (Fsp3) is 0.508. The van der Waals surface area contributed by atoms with Gasteiger partial charge in [0.2, 0.25) is 0 Å². The Labute approximate surface area is 457 Å². The third-order valence-electron chi connectivity index (χ3n) is 9.21. The second kappa shape index (κ2) is 56.8. The zero-order chi connectivity index (χ0) is 60.7. The molecule has 2 rings (SSSR count). The molecule has 0 aromatic carbocycles. The highest BCUT2D eigenvalue weighted by Crippen LogP contribution is 2.12. The molecule has 4 atom stereocenters. The maximum atomic E-state index is 10.8. The van der Waals surface area contributed by atoms with Crippen LogP contribution in [0.4, 0.5) is 0 Å². The van der Waals surface area contributed by atoms with Crippen molar-refractivity contribution < 1.29 is 86.4 Å². The van der Waals surface area contributed by atoms with Gasteiger partial charge in [-0.2, -0.15) is 0 Å². The highest BCUT2D eigenvalue weighted by atomic mass is 16.5. The molecule has 18 heteroatoms. The van der Waals surface area contributed by atoms with Gasteiger partial charge in [-0.15, -0.1) is 0 Å². The average molecular weight is 1090 g/mol. The Bertz CT molecular complexity index is 2040. The van der Waals surface area contributed by atoms with Crippen molar-refractivity contribution in [3.8, 4) is 0 Å². The number of ketones is 8. The van der Waals surface area contributed by atoms with Crippen LogP contribution in [0.15, 0.2) is 106 Å². The molecule has 0 bridgehead atoms. The molecule has 0 aliphatic rings. The summed E-state index contributed by atoms with van der Waals surface area (Å²) in [5.41, 5.74) is 0.374. The molecule has 2 aromatic heterocycles. The summed E-state index contributed by atoms with van der Waals surface area (Å²) in [5.74, 6) is 0.206. The Morgan fingerprint density at radius 3 is 1.34 bits per heavy atom. The molecule has 2 aromatic rings. The molecule has 0 fully saturated rings. The van der Waals surface area contributed by atoms with Gasteiger partial charge in [-0.25, -0.2) is 9.59 Å². The SMILES string of the molecule is CC(=O)C(C)C(C)C(C)=O.CC(O)c1ccco1.CCC(=O)/C=C/C(=O)CC.CCC(=O)/C=C/C(C)O.CCC(=O)c1ccco1.CCCCC(=O)/C=C/CO.CCOC(=O)/C=C(\C)C=O.CCOC(=O)/C=C/C(=O)CC. The van der Waals surface area contributed by atoms with Gasteiger partial charge in [0, 0.05) is 62.5 Å². The molecular formula is C59H90O18. The van der Waals surface area contributed by atoms with Crippen LogP contribution in [-0.4, -0.2) is 106 Å². The van der Waals surface area contributed by atoms with Crippen LogP contribution >= 0.6 is 0 Å². The maximum Gasteiger partial charge on any atom is 0.331 e. The molecule has 0 radical (unpaired) electrons. The zero-order valence-electron chi connectivity index (χ0n) is 48.3. The highest BCUT2D eigenvalue weighted by Gasteiger charge is 2.19. The van der Waals surface area contributed by atoms with E-state index in [0.29, 0.717) is 75.1 Å². The van der Waals surface area contributed by atoms with Crippen molar-refractivity contribution in [1.82, 2.24) is 0 Å². The minimum atomic E-state index is -0.513. The maximum absolute atomic E-state index is 10.8. The number of Topliss-reactive ketones (excluding diaryl/α,β-unsaturated/α-hetero) is 3. The number of aliphatic hydroxyl groups is 3. The number of esters is 2. The molecule has 0 amide bonds. The van der Waals surface area contributed by atoms with E-state index in [0.717, 1.165) is 25.0 Å². The van der Waals surface area contributed by atoms with Crippen molar-refractivity contribution in [2.24, 2.45) is 11.8 Å². The molecule has 0 aliphatic heterocycles. The van der Waals surface area contributed by atoms with Gasteiger partial charge in [-0.3, -0.25) is 43.2 Å². The van der Waals surface area contributed by atoms with Crippen LogP contribution in [0.5, 0.6) is 0 Å². The van der Waals surface area contributed by atoms with Gasteiger partial charge in [0.1, 0.15) is 29.7 Å². The quantitative estimate of drug-likeness (QED) is 0.0360. The molecule has 0 saturated carbocycles. The lowest BCUT2D eigenvalue weighted by Crippen LogP contribution is -2.21. The number of hydrogen-bond donors (Lipinski definition) is 3. The van der Waals surface area contributed by atoms with Gasteiger partial charge in [0.15, 0.2) is 40.5 Å². The monoisotopic (exact) mass is 1090 g/mol. The topological polar surface area (TPSA) is 293 Å². The number of unbranched alkanes of at least 4 members (excludes halogenated alkanes) is 1. The minimum Gasteiger partial charge on any atom is -0.467 e. The molecule has 434 valence electrons. The van der Waals surface area contributed by atoms with Crippen LogP contribution in [0.25, 0.3) is 0 Å². The molecule has 0 saturated heterocycles. The smallest absolute Gasteiger partial charge is 0.331 e. The first kappa shape index (κ1) is 81.5. The largest absolute Gasteiger partial charge is 0.467 e. The Hall–Kier alpha value is -6.89. The van der Waals surface area contributed by atoms with E-state index >= 15 is 0 Å². The molecule has 0 spiro atoms. The minimum absolute atomic E-state index is 0.00167. The lowest BCUT2D eigenvalue weighted by Gasteiger charge is -2.12. The van der Waals surface area contributed by atoms with Gasteiger partial charge in [-0.05, 0) is 115 Å². The van der Waals surface area contributed by atoms with Crippen LogP contribution in [-0.2, 0) is 57.4 Å². The zero-order valence-corrected chi connectivity index (χ0v) is 48.3. The highest BCUT2D eigenvalue weighted by molar-refractivity contribution is 5.98. The lowest BCUT2D eigenvalue weighted by molar-refractivity contribution is -0.138. The third-order valence-corrected chi connectivity index (χ3v) is 9.21. The van der Waals surface area contributed by atoms with Crippen LogP contribution in [0.3, 0.4) is 0 Å². The summed E-state index contributed by atoms with van der Waals surface area (Å²) < 4.78 is 18.8. The van der Waals surface area contributed by atoms with E-state index in [-0.39, 0.29) is 64.7 Å². The van der Waals surface area contributed by atoms with Gasteiger partial charge >= 0.3 is 11.9 Å². The fourth-order valence-electron chi connectivity index (χ4n) is 4.12. The van der Waals surface area contributed by atoms with E-state index in [9.17, 15) is 52.7 Å². The van der Waals surface area contributed by atoms with E-state index in [1.165, 1.54) is 62.6 Å². The fourth-order valence-corrected chi connectivity index (χ4v) is 4.12. The molecule has 0 aliphatic carbocycles. The standard InChI is InChI=1S/C8H12O3.C8H14O2.C8H12O2.C8H14O2.C7H10O3.C7H8O2.C7H12O2.C6H8O2/c1-3-7(9)5-6-8(10)11-4-2;1-5(7(3)9)6(2)8(4)10;1-3-7(9)5-6-8(10)4-2;1-2-3-5-8(10)6-4-7-9;1-3-10-7(9)4-6(2)5-8;1-2-6(8)7-4-3-5-9-7;1-3-7(9)5-4-6(2)8;1-5(7)6-3-2-4-8-6/h5-6H,3-4H2,1-2H3;5-6H,1-4H3;5-6H,3-4H2,1-2H3;4,6,9H,2-3,5,7H2,1H3;4-5H,3H2,1-2H3;3-5H,2H2,1H3;4-6,8H,3H2,1-2H3;2-5,7H,1H3/b6-5+;;6-5+;2*6-4+;;5-4+;. The van der Waals surface area contributed by atoms with Gasteiger partial charge < -0.3 is 33.6 Å². The molecular weight excluding hydrogens is 997 g/mol. The van der Waals surface area contributed by atoms with Crippen molar-refractivity contribution in [2.45, 2.75) is 167 Å². The number of ether oxygens (including phenoxy) is 2. The van der Waals surface area contributed by atoms with Crippen molar-refractivity contribution >= 4 is 64.5 Å². The number of furan rings is 2. The van der Waals surface area contributed by atoms with Crippen LogP contribution < -0.4 is 0 Å².